The number of ether oxygens (including phenoxy) is 1. The molecule has 0 spiro atoms. The van der Waals surface area contributed by atoms with Gasteiger partial charge in [0.05, 0.1) is 35.7 Å². The topological polar surface area (TPSA) is 95.3 Å². The number of aromatic nitrogens is 1. The predicted octanol–water partition coefficient (Wildman–Crippen LogP) is 3.06. The summed E-state index contributed by atoms with van der Waals surface area (Å²) >= 11 is 1.55. The summed E-state index contributed by atoms with van der Waals surface area (Å²) in [4.78, 5) is 31.3. The lowest BCUT2D eigenvalue weighted by Gasteiger charge is -2.28. The molecule has 1 aliphatic heterocycles. The molecule has 1 aliphatic carbocycles. The van der Waals surface area contributed by atoms with Gasteiger partial charge < -0.3 is 15.0 Å². The molecule has 1 saturated heterocycles. The third-order valence-electron chi connectivity index (χ3n) is 6.24. The Hall–Kier alpha value is -2.63. The third-order valence-corrected chi connectivity index (χ3v) is 7.25. The van der Waals surface area contributed by atoms with Crippen molar-refractivity contribution in [3.63, 3.8) is 0 Å². The van der Waals surface area contributed by atoms with Crippen LogP contribution in [0.5, 0.6) is 0 Å². The largest absolute Gasteiger partial charge is 0.381 e. The molecule has 0 unspecified atom stereocenters. The Kier molecular flexibility index (Phi) is 6.73. The maximum absolute atomic E-state index is 12.9. The van der Waals surface area contributed by atoms with E-state index in [1.165, 1.54) is 10.5 Å². The molecule has 7 nitrogen and oxygen atoms in total. The van der Waals surface area contributed by atoms with Gasteiger partial charge in [-0.05, 0) is 55.4 Å². The molecule has 31 heavy (non-hydrogen) atoms. The van der Waals surface area contributed by atoms with E-state index in [9.17, 15) is 9.59 Å². The standard InChI is InChI=1S/C23H26N4O3S/c1-30-18-5-2-15(3-6-18)16-4-7-21-20(10-16)19(8-9-25-21)23(29)26-12-22(28)27-14-31-13-17(27)11-24/h4,7-10,15,17-18H,2-3,5-6,12-14H2,1H3,(H,26,29)/t15?,17-,18?/m1/s1. The number of carbonyl (C=O) groups is 2. The van der Waals surface area contributed by atoms with Gasteiger partial charge in [0.25, 0.3) is 5.91 Å². The van der Waals surface area contributed by atoms with E-state index in [1.807, 2.05) is 6.07 Å². The Labute approximate surface area is 186 Å². The fourth-order valence-electron chi connectivity index (χ4n) is 4.40. The van der Waals surface area contributed by atoms with Gasteiger partial charge in [-0.3, -0.25) is 14.6 Å². The Morgan fingerprint density at radius 3 is 2.84 bits per heavy atom. The van der Waals surface area contributed by atoms with E-state index in [-0.39, 0.29) is 18.4 Å². The quantitative estimate of drug-likeness (QED) is 0.771. The number of amides is 2. The number of hydrogen-bond donors (Lipinski definition) is 1. The number of nitrogens with zero attached hydrogens (tertiary/aromatic N) is 3. The number of rotatable bonds is 5. The summed E-state index contributed by atoms with van der Waals surface area (Å²) in [6.45, 7) is -0.123. The molecule has 2 amide bonds. The molecular formula is C23H26N4O3S. The van der Waals surface area contributed by atoms with E-state index in [0.29, 0.717) is 29.2 Å². The van der Waals surface area contributed by atoms with Crippen LogP contribution < -0.4 is 5.32 Å². The van der Waals surface area contributed by atoms with E-state index in [0.717, 1.165) is 36.6 Å². The van der Waals surface area contributed by atoms with Crippen molar-refractivity contribution in [1.29, 1.82) is 5.26 Å². The average molecular weight is 439 g/mol. The summed E-state index contributed by atoms with van der Waals surface area (Å²) in [5.41, 5.74) is 2.48. The maximum atomic E-state index is 12.9. The number of methoxy groups -OCH3 is 1. The minimum atomic E-state index is -0.424. The van der Waals surface area contributed by atoms with Crippen LogP contribution in [0.25, 0.3) is 10.9 Å². The van der Waals surface area contributed by atoms with Crippen molar-refractivity contribution in [3.8, 4) is 6.07 Å². The number of pyridine rings is 1. The Morgan fingerprint density at radius 2 is 2.10 bits per heavy atom. The van der Waals surface area contributed by atoms with E-state index in [4.69, 9.17) is 10.00 Å². The first-order valence-corrected chi connectivity index (χ1v) is 11.7. The summed E-state index contributed by atoms with van der Waals surface area (Å²) in [7, 11) is 1.77. The zero-order valence-electron chi connectivity index (χ0n) is 17.5. The number of fused-ring (bicyclic) bond motifs is 1. The highest BCUT2D eigenvalue weighted by Crippen LogP contribution is 2.35. The summed E-state index contributed by atoms with van der Waals surface area (Å²) in [5, 5.41) is 12.7. The fourth-order valence-corrected chi connectivity index (χ4v) is 5.50. The summed E-state index contributed by atoms with van der Waals surface area (Å²) in [6.07, 6.45) is 6.17. The zero-order valence-corrected chi connectivity index (χ0v) is 18.4. The number of carbonyl (C=O) groups excluding carboxylic acids is 2. The molecule has 162 valence electrons. The van der Waals surface area contributed by atoms with Gasteiger partial charge in [-0.15, -0.1) is 11.8 Å². The number of thioether (sulfide) groups is 1. The molecule has 2 fully saturated rings. The maximum Gasteiger partial charge on any atom is 0.252 e. The second-order valence-corrected chi connectivity index (χ2v) is 9.04. The second kappa shape index (κ2) is 9.67. The number of benzene rings is 1. The van der Waals surface area contributed by atoms with E-state index in [2.05, 4.69) is 28.5 Å². The molecule has 1 aromatic heterocycles. The third kappa shape index (κ3) is 4.68. The molecule has 1 saturated carbocycles. The number of nitriles is 1. The minimum absolute atomic E-state index is 0.123. The van der Waals surface area contributed by atoms with Crippen LogP contribution in [0.4, 0.5) is 0 Å². The first-order valence-electron chi connectivity index (χ1n) is 10.6. The van der Waals surface area contributed by atoms with Crippen LogP contribution in [0, 0.1) is 11.3 Å². The van der Waals surface area contributed by atoms with Crippen LogP contribution in [0.2, 0.25) is 0 Å². The molecule has 1 aromatic carbocycles. The van der Waals surface area contributed by atoms with Gasteiger partial charge in [0, 0.05) is 24.4 Å². The number of hydrogen-bond acceptors (Lipinski definition) is 6. The van der Waals surface area contributed by atoms with Crippen molar-refractivity contribution in [2.75, 3.05) is 25.3 Å². The van der Waals surface area contributed by atoms with E-state index in [1.54, 1.807) is 31.1 Å². The van der Waals surface area contributed by atoms with Gasteiger partial charge in [-0.25, -0.2) is 0 Å². The molecule has 1 atom stereocenters. The van der Waals surface area contributed by atoms with Gasteiger partial charge in [0.1, 0.15) is 6.04 Å². The van der Waals surface area contributed by atoms with Crippen molar-refractivity contribution in [3.05, 3.63) is 41.6 Å². The van der Waals surface area contributed by atoms with Crippen LogP contribution in [0.1, 0.15) is 47.5 Å². The van der Waals surface area contributed by atoms with Gasteiger partial charge in [-0.2, -0.15) is 5.26 Å². The smallest absolute Gasteiger partial charge is 0.252 e. The van der Waals surface area contributed by atoms with E-state index < -0.39 is 6.04 Å². The van der Waals surface area contributed by atoms with Crippen molar-refractivity contribution in [1.82, 2.24) is 15.2 Å². The lowest BCUT2D eigenvalue weighted by molar-refractivity contribution is -0.129. The molecule has 0 bridgehead atoms. The second-order valence-electron chi connectivity index (χ2n) is 8.04. The van der Waals surface area contributed by atoms with E-state index >= 15 is 0 Å². The van der Waals surface area contributed by atoms with Crippen molar-refractivity contribution < 1.29 is 14.3 Å². The highest BCUT2D eigenvalue weighted by Gasteiger charge is 2.29. The Bertz CT molecular complexity index is 1010. The highest BCUT2D eigenvalue weighted by molar-refractivity contribution is 7.99. The van der Waals surface area contributed by atoms with Gasteiger partial charge in [-0.1, -0.05) is 6.07 Å². The van der Waals surface area contributed by atoms with Crippen molar-refractivity contribution in [2.24, 2.45) is 0 Å². The van der Waals surface area contributed by atoms with Crippen LogP contribution in [-0.2, 0) is 9.53 Å². The molecular weight excluding hydrogens is 412 g/mol. The lowest BCUT2D eigenvalue weighted by Crippen LogP contribution is -2.42. The normalized spacial score (nSPS) is 23.5. The molecule has 8 heteroatoms. The molecule has 0 radical (unpaired) electrons. The predicted molar refractivity (Wildman–Crippen MR) is 120 cm³/mol. The Morgan fingerprint density at radius 1 is 1.29 bits per heavy atom. The lowest BCUT2D eigenvalue weighted by atomic mass is 9.82. The van der Waals surface area contributed by atoms with Gasteiger partial charge >= 0.3 is 0 Å². The van der Waals surface area contributed by atoms with Crippen molar-refractivity contribution in [2.45, 2.75) is 43.7 Å². The molecule has 1 N–H and O–H groups in total. The van der Waals surface area contributed by atoms with Gasteiger partial charge in [0.2, 0.25) is 5.91 Å². The summed E-state index contributed by atoms with van der Waals surface area (Å²) in [6, 6.07) is 9.54. The molecule has 2 aliphatic rings. The minimum Gasteiger partial charge on any atom is -0.381 e. The highest BCUT2D eigenvalue weighted by atomic mass is 32.2. The molecule has 2 heterocycles. The average Bonchev–Trinajstić information content (AvgIpc) is 3.31. The summed E-state index contributed by atoms with van der Waals surface area (Å²) < 4.78 is 5.48. The monoisotopic (exact) mass is 438 g/mol. The fraction of sp³-hybridized carbons (Fsp3) is 0.478. The number of nitrogens with one attached hydrogen (secondary N) is 1. The first kappa shape index (κ1) is 21.6. The zero-order chi connectivity index (χ0) is 21.8. The first-order chi connectivity index (χ1) is 15.1. The van der Waals surface area contributed by atoms with Crippen LogP contribution in [0.3, 0.4) is 0 Å². The van der Waals surface area contributed by atoms with Crippen LogP contribution in [-0.4, -0.2) is 59.1 Å². The van der Waals surface area contributed by atoms with Crippen LogP contribution >= 0.6 is 11.8 Å². The van der Waals surface area contributed by atoms with Gasteiger partial charge in [0.15, 0.2) is 0 Å². The summed E-state index contributed by atoms with van der Waals surface area (Å²) in [5.74, 6) is 1.00. The molecule has 2 aromatic rings. The Balaban J connectivity index is 1.48. The van der Waals surface area contributed by atoms with Crippen LogP contribution in [0.15, 0.2) is 30.5 Å². The SMILES string of the molecule is COC1CCC(c2ccc3nccc(C(=O)NCC(=O)N4CSC[C@H]4C#N)c3c2)CC1. The molecule has 4 rings (SSSR count). The van der Waals surface area contributed by atoms with Crippen molar-refractivity contribution >= 4 is 34.5 Å².